The van der Waals surface area contributed by atoms with Gasteiger partial charge in [0.25, 0.3) is 0 Å². The molecule has 1 fully saturated rings. The average Bonchev–Trinajstić information content (AvgIpc) is 3.10. The molecule has 28 heavy (non-hydrogen) atoms. The van der Waals surface area contributed by atoms with Crippen molar-refractivity contribution in [2.75, 3.05) is 39.2 Å². The molecule has 0 saturated carbocycles. The Morgan fingerprint density at radius 2 is 1.79 bits per heavy atom. The lowest BCUT2D eigenvalue weighted by molar-refractivity contribution is -0.128. The minimum absolute atomic E-state index is 0.0430. The number of rotatable bonds is 8. The second-order valence-electron chi connectivity index (χ2n) is 6.45. The molecule has 0 spiro atoms. The molecule has 1 saturated heterocycles. The van der Waals surface area contributed by atoms with Gasteiger partial charge in [0.05, 0.1) is 32.4 Å². The van der Waals surface area contributed by atoms with E-state index in [1.807, 2.05) is 36.4 Å². The van der Waals surface area contributed by atoms with Crippen LogP contribution in [0.4, 0.5) is 5.69 Å². The zero-order valence-electron chi connectivity index (χ0n) is 16.0. The number of methoxy groups -OCH3 is 2. The standard InChI is InChI=1S/C21H24N2O5/c1-26-16-7-9-17(10-8-16)28-12-11-23-14-15(13-20(23)24)21(25)22-18-5-3-4-6-19(18)27-2/h3-10,15H,11-14H2,1-2H3,(H,22,25). The molecule has 148 valence electrons. The van der Waals surface area contributed by atoms with E-state index in [2.05, 4.69) is 5.32 Å². The highest BCUT2D eigenvalue weighted by Crippen LogP contribution is 2.26. The topological polar surface area (TPSA) is 77.1 Å². The van der Waals surface area contributed by atoms with Crippen LogP contribution in [0.1, 0.15) is 6.42 Å². The number of benzene rings is 2. The summed E-state index contributed by atoms with van der Waals surface area (Å²) >= 11 is 0. The van der Waals surface area contributed by atoms with Gasteiger partial charge in [-0.3, -0.25) is 9.59 Å². The first kappa shape index (κ1) is 19.5. The molecule has 1 atom stereocenters. The number of hydrogen-bond acceptors (Lipinski definition) is 5. The van der Waals surface area contributed by atoms with Crippen LogP contribution in [-0.2, 0) is 9.59 Å². The van der Waals surface area contributed by atoms with Crippen molar-refractivity contribution < 1.29 is 23.8 Å². The lowest BCUT2D eigenvalue weighted by atomic mass is 10.1. The first-order chi connectivity index (χ1) is 13.6. The third-order valence-corrected chi connectivity index (χ3v) is 4.64. The molecule has 2 amide bonds. The van der Waals surface area contributed by atoms with E-state index in [0.29, 0.717) is 36.9 Å². The van der Waals surface area contributed by atoms with Crippen molar-refractivity contribution in [2.45, 2.75) is 6.42 Å². The van der Waals surface area contributed by atoms with Gasteiger partial charge in [0.1, 0.15) is 23.9 Å². The van der Waals surface area contributed by atoms with Crippen LogP contribution in [0.2, 0.25) is 0 Å². The normalized spacial score (nSPS) is 16.0. The van der Waals surface area contributed by atoms with Crippen molar-refractivity contribution in [1.82, 2.24) is 4.90 Å². The fourth-order valence-electron chi connectivity index (χ4n) is 3.09. The number of ether oxygens (including phenoxy) is 3. The summed E-state index contributed by atoms with van der Waals surface area (Å²) in [6.07, 6.45) is 0.198. The Labute approximate surface area is 164 Å². The van der Waals surface area contributed by atoms with Crippen molar-refractivity contribution in [3.05, 3.63) is 48.5 Å². The third kappa shape index (κ3) is 4.73. The zero-order chi connectivity index (χ0) is 19.9. The highest BCUT2D eigenvalue weighted by Gasteiger charge is 2.34. The van der Waals surface area contributed by atoms with E-state index in [4.69, 9.17) is 14.2 Å². The monoisotopic (exact) mass is 384 g/mol. The lowest BCUT2D eigenvalue weighted by Gasteiger charge is -2.17. The fourth-order valence-corrected chi connectivity index (χ4v) is 3.09. The van der Waals surface area contributed by atoms with Gasteiger partial charge in [-0.15, -0.1) is 0 Å². The summed E-state index contributed by atoms with van der Waals surface area (Å²) in [6, 6.07) is 14.5. The van der Waals surface area contributed by atoms with Crippen LogP contribution in [0.3, 0.4) is 0 Å². The Balaban J connectivity index is 1.49. The number of carbonyl (C=O) groups excluding carboxylic acids is 2. The number of anilines is 1. The predicted molar refractivity (Wildman–Crippen MR) is 105 cm³/mol. The van der Waals surface area contributed by atoms with Gasteiger partial charge in [-0.25, -0.2) is 0 Å². The number of nitrogens with zero attached hydrogens (tertiary/aromatic N) is 1. The largest absolute Gasteiger partial charge is 0.497 e. The molecular weight excluding hydrogens is 360 g/mol. The minimum Gasteiger partial charge on any atom is -0.497 e. The lowest BCUT2D eigenvalue weighted by Crippen LogP contribution is -2.31. The Hall–Kier alpha value is -3.22. The number of para-hydroxylation sites is 2. The smallest absolute Gasteiger partial charge is 0.229 e. The number of likely N-dealkylation sites (tertiary alicyclic amines) is 1. The second-order valence-corrected chi connectivity index (χ2v) is 6.45. The highest BCUT2D eigenvalue weighted by atomic mass is 16.5. The van der Waals surface area contributed by atoms with E-state index in [1.165, 1.54) is 0 Å². The molecule has 1 aliphatic rings. The first-order valence-electron chi connectivity index (χ1n) is 9.09. The van der Waals surface area contributed by atoms with E-state index in [0.717, 1.165) is 5.75 Å². The third-order valence-electron chi connectivity index (χ3n) is 4.64. The molecule has 1 N–H and O–H groups in total. The Bertz CT molecular complexity index is 822. The van der Waals surface area contributed by atoms with Crippen molar-refractivity contribution in [1.29, 1.82) is 0 Å². The van der Waals surface area contributed by atoms with Crippen molar-refractivity contribution in [2.24, 2.45) is 5.92 Å². The molecule has 1 unspecified atom stereocenters. The number of amides is 2. The van der Waals surface area contributed by atoms with Gasteiger partial charge in [-0.05, 0) is 36.4 Å². The molecule has 2 aromatic rings. The molecule has 1 aliphatic heterocycles. The maximum absolute atomic E-state index is 12.5. The van der Waals surface area contributed by atoms with Crippen LogP contribution in [0.15, 0.2) is 48.5 Å². The molecule has 0 bridgehead atoms. The summed E-state index contributed by atoms with van der Waals surface area (Å²) in [5.74, 6) is 1.43. The summed E-state index contributed by atoms with van der Waals surface area (Å²) in [6.45, 7) is 1.17. The summed E-state index contributed by atoms with van der Waals surface area (Å²) in [4.78, 5) is 26.4. The van der Waals surface area contributed by atoms with E-state index < -0.39 is 5.92 Å². The van der Waals surface area contributed by atoms with Crippen molar-refractivity contribution in [3.8, 4) is 17.2 Å². The molecule has 2 aromatic carbocycles. The summed E-state index contributed by atoms with van der Waals surface area (Å²) < 4.78 is 16.0. The number of nitrogens with one attached hydrogen (secondary N) is 1. The van der Waals surface area contributed by atoms with E-state index in [-0.39, 0.29) is 18.2 Å². The highest BCUT2D eigenvalue weighted by molar-refractivity contribution is 5.98. The molecule has 7 nitrogen and oxygen atoms in total. The van der Waals surface area contributed by atoms with Gasteiger partial charge < -0.3 is 24.4 Å². The van der Waals surface area contributed by atoms with E-state index in [9.17, 15) is 9.59 Å². The maximum atomic E-state index is 12.5. The van der Waals surface area contributed by atoms with Crippen LogP contribution in [0.25, 0.3) is 0 Å². The molecular formula is C21H24N2O5. The van der Waals surface area contributed by atoms with Crippen molar-refractivity contribution in [3.63, 3.8) is 0 Å². The van der Waals surface area contributed by atoms with Gasteiger partial charge in [-0.2, -0.15) is 0 Å². The minimum atomic E-state index is -0.390. The van der Waals surface area contributed by atoms with Crippen molar-refractivity contribution >= 4 is 17.5 Å². The van der Waals surface area contributed by atoms with Gasteiger partial charge in [0.15, 0.2) is 0 Å². The van der Waals surface area contributed by atoms with Crippen LogP contribution >= 0.6 is 0 Å². The quantitative estimate of drug-likeness (QED) is 0.757. The predicted octanol–water partition coefficient (Wildman–Crippen LogP) is 2.57. The SMILES string of the molecule is COc1ccc(OCCN2CC(C(=O)Nc3ccccc3OC)CC2=O)cc1. The van der Waals surface area contributed by atoms with Gasteiger partial charge in [-0.1, -0.05) is 12.1 Å². The van der Waals surface area contributed by atoms with Crippen LogP contribution in [0.5, 0.6) is 17.2 Å². The van der Waals surface area contributed by atoms with Gasteiger partial charge >= 0.3 is 0 Å². The Morgan fingerprint density at radius 3 is 2.50 bits per heavy atom. The van der Waals surface area contributed by atoms with E-state index in [1.54, 1.807) is 31.3 Å². The average molecular weight is 384 g/mol. The number of carbonyl (C=O) groups is 2. The summed E-state index contributed by atoms with van der Waals surface area (Å²) in [5, 5.41) is 2.85. The number of hydrogen-bond donors (Lipinski definition) is 1. The Kier molecular flexibility index (Phi) is 6.37. The molecule has 3 rings (SSSR count). The molecule has 0 aromatic heterocycles. The molecule has 1 heterocycles. The molecule has 0 aliphatic carbocycles. The van der Waals surface area contributed by atoms with Crippen LogP contribution in [0, 0.1) is 5.92 Å². The summed E-state index contributed by atoms with van der Waals surface area (Å²) in [7, 11) is 3.16. The molecule has 7 heteroatoms. The summed E-state index contributed by atoms with van der Waals surface area (Å²) in [5.41, 5.74) is 0.601. The maximum Gasteiger partial charge on any atom is 0.229 e. The fraction of sp³-hybridized carbons (Fsp3) is 0.333. The van der Waals surface area contributed by atoms with Crippen LogP contribution in [-0.4, -0.2) is 50.6 Å². The van der Waals surface area contributed by atoms with Gasteiger partial charge in [0, 0.05) is 13.0 Å². The van der Waals surface area contributed by atoms with Crippen LogP contribution < -0.4 is 19.5 Å². The van der Waals surface area contributed by atoms with E-state index >= 15 is 0 Å². The van der Waals surface area contributed by atoms with Gasteiger partial charge in [0.2, 0.25) is 11.8 Å². The molecule has 0 radical (unpaired) electrons. The first-order valence-corrected chi connectivity index (χ1v) is 9.09. The zero-order valence-corrected chi connectivity index (χ0v) is 16.0. The second kappa shape index (κ2) is 9.12. The Morgan fingerprint density at radius 1 is 1.07 bits per heavy atom.